The lowest BCUT2D eigenvalue weighted by Gasteiger charge is -2.12. The molecule has 0 fully saturated rings. The molecule has 1 amide bonds. The first-order valence-corrected chi connectivity index (χ1v) is 7.80. The number of nitrogens with zero attached hydrogens (tertiary/aromatic N) is 2. The maximum Gasteiger partial charge on any atom is 0.319 e. The van der Waals surface area contributed by atoms with Crippen LogP contribution in [-0.4, -0.2) is 51.4 Å². The summed E-state index contributed by atoms with van der Waals surface area (Å²) in [4.78, 5) is 20.2. The van der Waals surface area contributed by atoms with Crippen molar-refractivity contribution in [3.05, 3.63) is 30.0 Å². The van der Waals surface area contributed by atoms with Crippen LogP contribution in [0, 0.1) is 0 Å². The number of carbonyl (C=O) groups excluding carboxylic acids is 1. The third-order valence-corrected chi connectivity index (χ3v) is 3.48. The molecule has 0 atom stereocenters. The van der Waals surface area contributed by atoms with Crippen molar-refractivity contribution < 1.29 is 28.5 Å². The van der Waals surface area contributed by atoms with Crippen LogP contribution in [0.5, 0.6) is 29.1 Å². The molecule has 0 saturated carbocycles. The molecule has 0 spiro atoms. The average molecular weight is 375 g/mol. The first kappa shape index (κ1) is 19.8. The third kappa shape index (κ3) is 4.78. The Bertz CT molecular complexity index is 813. The van der Waals surface area contributed by atoms with E-state index in [9.17, 15) is 4.79 Å². The molecule has 1 aromatic carbocycles. The number of aromatic nitrogens is 2. The Morgan fingerprint density at radius 1 is 0.963 bits per heavy atom. The molecule has 144 valence electrons. The molecule has 2 aromatic rings. The van der Waals surface area contributed by atoms with E-state index in [2.05, 4.69) is 15.3 Å². The van der Waals surface area contributed by atoms with E-state index in [0.717, 1.165) is 0 Å². The van der Waals surface area contributed by atoms with Crippen LogP contribution < -0.4 is 29.0 Å². The fraction of sp³-hybridized carbons (Fsp3) is 0.278. The molecule has 1 heterocycles. The Labute approximate surface area is 156 Å². The lowest BCUT2D eigenvalue weighted by atomic mass is 10.1. The zero-order valence-corrected chi connectivity index (χ0v) is 15.7. The van der Waals surface area contributed by atoms with E-state index >= 15 is 0 Å². The SMILES string of the molecule is COc1ncc(NC(=O)/C=C/c2cc(OC)c(OC)c(OC)c2)c(OC)n1. The molecule has 0 radical (unpaired) electrons. The third-order valence-electron chi connectivity index (χ3n) is 3.48. The number of nitrogens with one attached hydrogen (secondary N) is 1. The quantitative estimate of drug-likeness (QED) is 0.701. The number of ether oxygens (including phenoxy) is 5. The molecule has 27 heavy (non-hydrogen) atoms. The largest absolute Gasteiger partial charge is 0.493 e. The van der Waals surface area contributed by atoms with Gasteiger partial charge in [0.05, 0.1) is 41.7 Å². The number of rotatable bonds is 8. The number of hydrogen-bond donors (Lipinski definition) is 1. The highest BCUT2D eigenvalue weighted by molar-refractivity contribution is 6.02. The van der Waals surface area contributed by atoms with Gasteiger partial charge in [0.15, 0.2) is 11.5 Å². The van der Waals surface area contributed by atoms with Gasteiger partial charge in [0.1, 0.15) is 5.69 Å². The summed E-state index contributed by atoms with van der Waals surface area (Å²) in [6.07, 6.45) is 4.36. The monoisotopic (exact) mass is 375 g/mol. The first-order valence-electron chi connectivity index (χ1n) is 7.80. The Morgan fingerprint density at radius 2 is 1.63 bits per heavy atom. The molecule has 2 rings (SSSR count). The number of anilines is 1. The van der Waals surface area contributed by atoms with Crippen LogP contribution in [0.2, 0.25) is 0 Å². The van der Waals surface area contributed by atoms with E-state index in [4.69, 9.17) is 23.7 Å². The molecule has 0 bridgehead atoms. The zero-order chi connectivity index (χ0) is 19.8. The molecular formula is C18H21N3O6. The van der Waals surface area contributed by atoms with Gasteiger partial charge in [-0.25, -0.2) is 4.98 Å². The number of benzene rings is 1. The van der Waals surface area contributed by atoms with E-state index in [1.54, 1.807) is 18.2 Å². The second kappa shape index (κ2) is 9.27. The van der Waals surface area contributed by atoms with Crippen molar-refractivity contribution >= 4 is 17.7 Å². The molecular weight excluding hydrogens is 354 g/mol. The van der Waals surface area contributed by atoms with Gasteiger partial charge in [-0.3, -0.25) is 4.79 Å². The van der Waals surface area contributed by atoms with Gasteiger partial charge in [0.25, 0.3) is 0 Å². The molecule has 9 nitrogen and oxygen atoms in total. The summed E-state index contributed by atoms with van der Waals surface area (Å²) in [6, 6.07) is 3.59. The highest BCUT2D eigenvalue weighted by Crippen LogP contribution is 2.38. The predicted molar refractivity (Wildman–Crippen MR) is 98.9 cm³/mol. The van der Waals surface area contributed by atoms with Crippen LogP contribution in [0.4, 0.5) is 5.69 Å². The van der Waals surface area contributed by atoms with Crippen molar-refractivity contribution in [2.75, 3.05) is 40.9 Å². The molecule has 0 unspecified atom stereocenters. The van der Waals surface area contributed by atoms with Gasteiger partial charge in [-0.1, -0.05) is 0 Å². The van der Waals surface area contributed by atoms with Gasteiger partial charge >= 0.3 is 6.01 Å². The van der Waals surface area contributed by atoms with Crippen LogP contribution in [0.15, 0.2) is 24.4 Å². The summed E-state index contributed by atoms with van der Waals surface area (Å²) in [7, 11) is 7.44. The summed E-state index contributed by atoms with van der Waals surface area (Å²) >= 11 is 0. The van der Waals surface area contributed by atoms with Crippen LogP contribution >= 0.6 is 0 Å². The van der Waals surface area contributed by atoms with Gasteiger partial charge < -0.3 is 29.0 Å². The van der Waals surface area contributed by atoms with Crippen LogP contribution in [0.3, 0.4) is 0 Å². The minimum absolute atomic E-state index is 0.137. The smallest absolute Gasteiger partial charge is 0.319 e. The molecule has 1 N–H and O–H groups in total. The maximum absolute atomic E-state index is 12.2. The first-order chi connectivity index (χ1) is 13.1. The number of methoxy groups -OCH3 is 5. The van der Waals surface area contributed by atoms with Gasteiger partial charge in [0, 0.05) is 6.08 Å². The Balaban J connectivity index is 2.20. The standard InChI is InChI=1S/C18H21N3O6/c1-23-13-8-11(9-14(24-2)16(13)25-3)6-7-15(22)20-12-10-19-18(27-5)21-17(12)26-4/h6-10H,1-5H3,(H,20,22)/b7-6+. The lowest BCUT2D eigenvalue weighted by Crippen LogP contribution is -2.10. The van der Waals surface area contributed by atoms with Crippen LogP contribution in [0.1, 0.15) is 5.56 Å². The highest BCUT2D eigenvalue weighted by Gasteiger charge is 2.13. The van der Waals surface area contributed by atoms with Crippen molar-refractivity contribution in [2.24, 2.45) is 0 Å². The molecule has 1 aromatic heterocycles. The average Bonchev–Trinajstić information content (AvgIpc) is 2.71. The van der Waals surface area contributed by atoms with E-state index in [1.165, 1.54) is 47.8 Å². The fourth-order valence-electron chi connectivity index (χ4n) is 2.23. The van der Waals surface area contributed by atoms with Gasteiger partial charge in [-0.05, 0) is 23.8 Å². The normalized spacial score (nSPS) is 10.4. The van der Waals surface area contributed by atoms with Crippen LogP contribution in [-0.2, 0) is 4.79 Å². The van der Waals surface area contributed by atoms with Crippen molar-refractivity contribution in [1.82, 2.24) is 9.97 Å². The summed E-state index contributed by atoms with van der Waals surface area (Å²) in [5.41, 5.74) is 1.01. The van der Waals surface area contributed by atoms with Crippen molar-refractivity contribution in [2.45, 2.75) is 0 Å². The van der Waals surface area contributed by atoms with Gasteiger partial charge in [-0.2, -0.15) is 4.98 Å². The Hall–Kier alpha value is -3.49. The molecule has 0 aliphatic carbocycles. The van der Waals surface area contributed by atoms with Crippen molar-refractivity contribution in [1.29, 1.82) is 0 Å². The van der Waals surface area contributed by atoms with Gasteiger partial charge in [-0.15, -0.1) is 0 Å². The number of carbonyl (C=O) groups is 1. The minimum Gasteiger partial charge on any atom is -0.493 e. The second-order valence-electron chi connectivity index (χ2n) is 5.06. The predicted octanol–water partition coefficient (Wildman–Crippen LogP) is 2.17. The zero-order valence-electron chi connectivity index (χ0n) is 15.7. The van der Waals surface area contributed by atoms with E-state index in [1.807, 2.05) is 0 Å². The van der Waals surface area contributed by atoms with E-state index in [-0.39, 0.29) is 11.9 Å². The molecule has 0 aliphatic rings. The Morgan fingerprint density at radius 3 is 2.15 bits per heavy atom. The highest BCUT2D eigenvalue weighted by atomic mass is 16.5. The number of hydrogen-bond acceptors (Lipinski definition) is 8. The molecule has 0 aliphatic heterocycles. The summed E-state index contributed by atoms with van der Waals surface area (Å²) in [5, 5.41) is 2.64. The lowest BCUT2D eigenvalue weighted by molar-refractivity contribution is -0.111. The molecule has 0 saturated heterocycles. The van der Waals surface area contributed by atoms with Crippen LogP contribution in [0.25, 0.3) is 6.08 Å². The van der Waals surface area contributed by atoms with E-state index < -0.39 is 5.91 Å². The van der Waals surface area contributed by atoms with Crippen molar-refractivity contribution in [3.8, 4) is 29.1 Å². The van der Waals surface area contributed by atoms with E-state index in [0.29, 0.717) is 28.5 Å². The van der Waals surface area contributed by atoms with Gasteiger partial charge in [0.2, 0.25) is 17.5 Å². The maximum atomic E-state index is 12.2. The Kier molecular flexibility index (Phi) is 6.81. The summed E-state index contributed by atoms with van der Waals surface area (Å²) in [6.45, 7) is 0. The topological polar surface area (TPSA) is 101 Å². The number of amides is 1. The van der Waals surface area contributed by atoms with Crippen molar-refractivity contribution in [3.63, 3.8) is 0 Å². The summed E-state index contributed by atoms with van der Waals surface area (Å²) < 4.78 is 25.9. The summed E-state index contributed by atoms with van der Waals surface area (Å²) in [5.74, 6) is 1.25. The minimum atomic E-state index is -0.393. The second-order valence-corrected chi connectivity index (χ2v) is 5.06. The fourth-order valence-corrected chi connectivity index (χ4v) is 2.23. The molecule has 9 heteroatoms.